The van der Waals surface area contributed by atoms with E-state index < -0.39 is 15.6 Å². The molecule has 0 aromatic heterocycles. The molecule has 1 spiro atoms. The molecular formula is C22H30N2O4S. The molecule has 3 fully saturated rings. The molecule has 2 heterocycles. The molecule has 1 aromatic rings. The van der Waals surface area contributed by atoms with E-state index in [1.165, 1.54) is 4.31 Å². The van der Waals surface area contributed by atoms with E-state index in [1.807, 2.05) is 48.2 Å². The van der Waals surface area contributed by atoms with Gasteiger partial charge >= 0.3 is 0 Å². The van der Waals surface area contributed by atoms with Crippen LogP contribution in [0.1, 0.15) is 50.2 Å². The van der Waals surface area contributed by atoms with Crippen LogP contribution >= 0.6 is 0 Å². The fraction of sp³-hybridized carbons (Fsp3) is 0.591. The topological polar surface area (TPSA) is 77.9 Å². The lowest BCUT2D eigenvalue weighted by atomic mass is 9.60. The quantitative estimate of drug-likeness (QED) is 0.768. The first-order valence-corrected chi connectivity index (χ1v) is 12.1. The van der Waals surface area contributed by atoms with Crippen LogP contribution in [0.5, 0.6) is 0 Å². The van der Waals surface area contributed by atoms with E-state index in [0.717, 1.165) is 30.4 Å². The molecule has 1 saturated carbocycles. The normalized spacial score (nSPS) is 26.9. The van der Waals surface area contributed by atoms with Crippen molar-refractivity contribution in [1.82, 2.24) is 9.21 Å². The summed E-state index contributed by atoms with van der Waals surface area (Å²) in [6.45, 7) is 4.14. The van der Waals surface area contributed by atoms with Crippen molar-refractivity contribution in [2.24, 2.45) is 5.92 Å². The first-order chi connectivity index (χ1) is 13.9. The fourth-order valence-corrected chi connectivity index (χ4v) is 6.36. The van der Waals surface area contributed by atoms with Crippen LogP contribution in [-0.2, 0) is 14.8 Å². The van der Waals surface area contributed by atoms with Gasteiger partial charge < -0.3 is 10.0 Å². The molecule has 3 aliphatic rings. The van der Waals surface area contributed by atoms with Crippen LogP contribution in [0.4, 0.5) is 0 Å². The van der Waals surface area contributed by atoms with Gasteiger partial charge in [0, 0.05) is 24.9 Å². The molecule has 0 bridgehead atoms. The highest BCUT2D eigenvalue weighted by Gasteiger charge is 2.69. The summed E-state index contributed by atoms with van der Waals surface area (Å²) in [6, 6.07) is 7.88. The van der Waals surface area contributed by atoms with Crippen molar-refractivity contribution in [1.29, 1.82) is 0 Å². The lowest BCUT2D eigenvalue weighted by molar-refractivity contribution is -0.195. The Morgan fingerprint density at radius 2 is 1.90 bits per heavy atom. The number of hydrogen-bond donors (Lipinski definition) is 1. The molecule has 7 heteroatoms. The van der Waals surface area contributed by atoms with Crippen molar-refractivity contribution in [3.63, 3.8) is 0 Å². The van der Waals surface area contributed by atoms with E-state index in [-0.39, 0.29) is 36.1 Å². The average Bonchev–Trinajstić information content (AvgIpc) is 2.60. The summed E-state index contributed by atoms with van der Waals surface area (Å²) in [6.07, 6.45) is 6.85. The Morgan fingerprint density at radius 3 is 2.38 bits per heavy atom. The Hall–Kier alpha value is -1.70. The molecule has 0 radical (unpaired) electrons. The predicted molar refractivity (Wildman–Crippen MR) is 113 cm³/mol. The number of aliphatic hydroxyl groups excluding tert-OH is 1. The summed E-state index contributed by atoms with van der Waals surface area (Å²) >= 11 is 0. The maximum absolute atomic E-state index is 13.2. The molecule has 29 heavy (non-hydrogen) atoms. The molecule has 1 aromatic carbocycles. The Kier molecular flexibility index (Phi) is 5.34. The van der Waals surface area contributed by atoms with Crippen LogP contribution < -0.4 is 0 Å². The van der Waals surface area contributed by atoms with Gasteiger partial charge in [0.15, 0.2) is 0 Å². The van der Waals surface area contributed by atoms with Crippen LogP contribution in [0.2, 0.25) is 0 Å². The number of sulfonamides is 1. The molecule has 2 saturated heterocycles. The smallest absolute Gasteiger partial charge is 0.226 e. The fourth-order valence-electron chi connectivity index (χ4n) is 5.16. The summed E-state index contributed by atoms with van der Waals surface area (Å²) in [7, 11) is -3.29. The number of benzene rings is 1. The molecule has 4 rings (SSSR count). The zero-order valence-electron chi connectivity index (χ0n) is 17.1. The van der Waals surface area contributed by atoms with Crippen molar-refractivity contribution in [3.8, 4) is 0 Å². The van der Waals surface area contributed by atoms with Crippen LogP contribution in [0.3, 0.4) is 0 Å². The second kappa shape index (κ2) is 7.52. The van der Waals surface area contributed by atoms with Crippen LogP contribution in [0.15, 0.2) is 30.3 Å². The summed E-state index contributed by atoms with van der Waals surface area (Å²) in [5, 5.41) is 10.1. The minimum absolute atomic E-state index is 0.0239. The number of carbonyl (C=O) groups is 1. The van der Waals surface area contributed by atoms with Crippen LogP contribution in [0, 0.1) is 5.92 Å². The second-order valence-corrected chi connectivity index (χ2v) is 10.8. The number of nitrogens with zero attached hydrogens (tertiary/aromatic N) is 2. The minimum atomic E-state index is -3.29. The van der Waals surface area contributed by atoms with E-state index in [9.17, 15) is 18.3 Å². The maximum Gasteiger partial charge on any atom is 0.226 e. The zero-order chi connectivity index (χ0) is 20.8. The Bertz CT molecular complexity index is 899. The van der Waals surface area contributed by atoms with E-state index in [2.05, 4.69) is 0 Å². The van der Waals surface area contributed by atoms with Gasteiger partial charge in [0.25, 0.3) is 0 Å². The monoisotopic (exact) mass is 418 g/mol. The minimum Gasteiger partial charge on any atom is -0.394 e. The lowest BCUT2D eigenvalue weighted by Gasteiger charge is -2.70. The number of likely N-dealkylation sites (tertiary alicyclic amines) is 1. The number of carbonyl (C=O) groups excluding carboxylic acids is 1. The van der Waals surface area contributed by atoms with Gasteiger partial charge in [-0.15, -0.1) is 0 Å². The molecule has 1 amide bonds. The molecule has 1 N–H and O–H groups in total. The zero-order valence-corrected chi connectivity index (χ0v) is 17.9. The van der Waals surface area contributed by atoms with Crippen molar-refractivity contribution >= 4 is 22.0 Å². The second-order valence-electron chi connectivity index (χ2n) is 8.50. The van der Waals surface area contributed by atoms with E-state index in [1.54, 1.807) is 6.92 Å². The molecule has 158 valence electrons. The summed E-state index contributed by atoms with van der Waals surface area (Å²) in [5.74, 6) is 0.118. The van der Waals surface area contributed by atoms with Gasteiger partial charge in [-0.3, -0.25) is 4.79 Å². The summed E-state index contributed by atoms with van der Waals surface area (Å²) in [5.41, 5.74) is 1.62. The number of allylic oxidation sites excluding steroid dienone is 1. The Morgan fingerprint density at radius 1 is 1.24 bits per heavy atom. The van der Waals surface area contributed by atoms with Crippen LogP contribution in [0.25, 0.3) is 6.08 Å². The van der Waals surface area contributed by atoms with Crippen LogP contribution in [-0.4, -0.2) is 65.7 Å². The summed E-state index contributed by atoms with van der Waals surface area (Å²) < 4.78 is 26.2. The maximum atomic E-state index is 13.2. The largest absolute Gasteiger partial charge is 0.394 e. The molecule has 1 aliphatic carbocycles. The highest BCUT2D eigenvalue weighted by atomic mass is 32.2. The van der Waals surface area contributed by atoms with Gasteiger partial charge in [0.2, 0.25) is 15.9 Å². The Balaban J connectivity index is 1.66. The van der Waals surface area contributed by atoms with Gasteiger partial charge in [-0.1, -0.05) is 42.8 Å². The third-order valence-corrected chi connectivity index (χ3v) is 8.74. The van der Waals surface area contributed by atoms with Crippen molar-refractivity contribution in [3.05, 3.63) is 41.5 Å². The molecule has 0 unspecified atom stereocenters. The first kappa shape index (κ1) is 20.6. The SMILES string of the molecule is C/C=C/c1ccc([C@@H]2[C@H](CO)N(C(=O)C3CCC3)C23CN(S(=O)(=O)CC)C3)cc1. The van der Waals surface area contributed by atoms with Crippen molar-refractivity contribution in [2.45, 2.75) is 50.6 Å². The van der Waals surface area contributed by atoms with Gasteiger partial charge in [0.1, 0.15) is 0 Å². The van der Waals surface area contributed by atoms with Gasteiger partial charge in [-0.25, -0.2) is 8.42 Å². The number of amides is 1. The highest BCUT2D eigenvalue weighted by molar-refractivity contribution is 7.89. The lowest BCUT2D eigenvalue weighted by Crippen LogP contribution is -2.86. The number of hydrogen-bond acceptors (Lipinski definition) is 4. The molecule has 2 aliphatic heterocycles. The van der Waals surface area contributed by atoms with Crippen molar-refractivity contribution in [2.75, 3.05) is 25.4 Å². The van der Waals surface area contributed by atoms with Gasteiger partial charge in [-0.05, 0) is 37.8 Å². The van der Waals surface area contributed by atoms with Crippen molar-refractivity contribution < 1.29 is 18.3 Å². The molecular weight excluding hydrogens is 388 g/mol. The summed E-state index contributed by atoms with van der Waals surface area (Å²) in [4.78, 5) is 15.0. The third kappa shape index (κ3) is 3.14. The predicted octanol–water partition coefficient (Wildman–Crippen LogP) is 2.21. The highest BCUT2D eigenvalue weighted by Crippen LogP contribution is 2.55. The first-order valence-electron chi connectivity index (χ1n) is 10.5. The molecule has 2 atom stereocenters. The third-order valence-electron chi connectivity index (χ3n) is 6.97. The van der Waals surface area contributed by atoms with E-state index in [0.29, 0.717) is 13.1 Å². The van der Waals surface area contributed by atoms with E-state index in [4.69, 9.17) is 0 Å². The number of rotatable bonds is 6. The van der Waals surface area contributed by atoms with E-state index >= 15 is 0 Å². The molecule has 6 nitrogen and oxygen atoms in total. The number of aliphatic hydroxyl groups is 1. The Labute approximate surface area is 173 Å². The average molecular weight is 419 g/mol. The van der Waals surface area contributed by atoms with Gasteiger partial charge in [-0.2, -0.15) is 4.31 Å². The standard InChI is InChI=1S/C22H30N2O4S/c1-3-6-16-9-11-17(12-10-16)20-19(13-25)24(21(26)18-7-5-8-18)22(20)14-23(15-22)29(27,28)4-2/h3,6,9-12,18-20,25H,4-5,7-8,13-15H2,1-2H3/b6-3+/t19-,20+/m0/s1. The van der Waals surface area contributed by atoms with Gasteiger partial charge in [0.05, 0.1) is 23.9 Å².